The Morgan fingerprint density at radius 3 is 2.47 bits per heavy atom. The number of benzene rings is 1. The van der Waals surface area contributed by atoms with Gasteiger partial charge in [0.15, 0.2) is 5.82 Å². The van der Waals surface area contributed by atoms with E-state index in [-0.39, 0.29) is 23.6 Å². The van der Waals surface area contributed by atoms with Gasteiger partial charge in [0.2, 0.25) is 5.91 Å². The molecular weight excluding hydrogens is 446 g/mol. The molecule has 4 N–H and O–H groups in total. The van der Waals surface area contributed by atoms with Gasteiger partial charge in [-0.1, -0.05) is 50.3 Å². The molecule has 8 nitrogen and oxygen atoms in total. The predicted octanol–water partition coefficient (Wildman–Crippen LogP) is 4.41. The van der Waals surface area contributed by atoms with Crippen molar-refractivity contribution >= 4 is 25.8 Å². The van der Waals surface area contributed by atoms with Crippen molar-refractivity contribution in [1.29, 1.82) is 0 Å². The molecule has 1 fully saturated rings. The van der Waals surface area contributed by atoms with Crippen LogP contribution in [0.2, 0.25) is 24.7 Å². The topological polar surface area (TPSA) is 110 Å². The number of hydrogen-bond donors (Lipinski definition) is 4. The number of aromatic amines is 1. The van der Waals surface area contributed by atoms with E-state index in [1.807, 2.05) is 45.0 Å². The first-order chi connectivity index (χ1) is 15.9. The maximum absolute atomic E-state index is 13.4. The van der Waals surface area contributed by atoms with Gasteiger partial charge < -0.3 is 20.6 Å². The minimum Gasteiger partial charge on any atom is -0.394 e. The van der Waals surface area contributed by atoms with Gasteiger partial charge >= 0.3 is 6.03 Å². The maximum atomic E-state index is 13.4. The van der Waals surface area contributed by atoms with Gasteiger partial charge in [0.1, 0.15) is 0 Å². The molecule has 1 aromatic carbocycles. The normalized spacial score (nSPS) is 19.2. The molecule has 1 unspecified atom stereocenters. The van der Waals surface area contributed by atoms with Crippen molar-refractivity contribution in [2.75, 3.05) is 11.9 Å². The fraction of sp³-hybridized carbons (Fsp3) is 0.560. The number of urea groups is 1. The first-order valence-corrected chi connectivity index (χ1v) is 15.6. The molecule has 1 atom stereocenters. The lowest BCUT2D eigenvalue weighted by atomic mass is 9.83. The van der Waals surface area contributed by atoms with E-state index in [0.29, 0.717) is 12.4 Å². The number of aliphatic hydroxyl groups is 1. The second-order valence-electron chi connectivity index (χ2n) is 11.3. The lowest BCUT2D eigenvalue weighted by molar-refractivity contribution is -0.121. The fourth-order valence-corrected chi connectivity index (χ4v) is 8.04. The number of amides is 3. The van der Waals surface area contributed by atoms with Gasteiger partial charge in [-0.05, 0) is 44.7 Å². The summed E-state index contributed by atoms with van der Waals surface area (Å²) in [5, 5.41) is 23.3. The fourth-order valence-electron chi connectivity index (χ4n) is 5.45. The number of nitrogens with one attached hydrogen (secondary N) is 3. The van der Waals surface area contributed by atoms with Crippen LogP contribution in [0, 0.1) is 6.92 Å². The van der Waals surface area contributed by atoms with Crippen molar-refractivity contribution in [2.24, 2.45) is 0 Å². The number of hydrogen-bond acceptors (Lipinski definition) is 4. The van der Waals surface area contributed by atoms with Crippen molar-refractivity contribution in [3.8, 4) is 0 Å². The Balaban J connectivity index is 1.53. The molecule has 2 heterocycles. The van der Waals surface area contributed by atoms with Gasteiger partial charge in [0.25, 0.3) is 0 Å². The molecule has 1 aliphatic heterocycles. The molecule has 9 heteroatoms. The number of aromatic nitrogens is 2. The van der Waals surface area contributed by atoms with Crippen LogP contribution in [0.3, 0.4) is 0 Å². The molecule has 0 saturated heterocycles. The second kappa shape index (κ2) is 8.53. The minimum atomic E-state index is -1.71. The number of nitrogens with zero attached hydrogens (tertiary/aromatic N) is 2. The van der Waals surface area contributed by atoms with E-state index < -0.39 is 19.7 Å². The summed E-state index contributed by atoms with van der Waals surface area (Å²) in [7, 11) is -1.71. The van der Waals surface area contributed by atoms with Crippen LogP contribution in [0.4, 0.5) is 10.6 Å². The van der Waals surface area contributed by atoms with Crippen LogP contribution in [-0.2, 0) is 16.9 Å². The lowest BCUT2D eigenvalue weighted by Gasteiger charge is -2.48. The Morgan fingerprint density at radius 2 is 1.91 bits per heavy atom. The number of H-pyrrole nitrogens is 1. The molecule has 1 saturated carbocycles. The summed E-state index contributed by atoms with van der Waals surface area (Å²) >= 11 is 0. The molecule has 1 aliphatic carbocycles. The summed E-state index contributed by atoms with van der Waals surface area (Å²) in [5.41, 5.74) is 2.92. The number of carbonyl (C=O) groups excluding carboxylic acids is 2. The average Bonchev–Trinajstić information content (AvgIpc) is 3.23. The number of aryl methyl sites for hydroxylation is 1. The second-order valence-corrected chi connectivity index (χ2v) is 16.7. The van der Waals surface area contributed by atoms with Crippen molar-refractivity contribution in [3.05, 3.63) is 46.6 Å². The molecule has 2 aliphatic rings. The Bertz CT molecular complexity index is 1100. The van der Waals surface area contributed by atoms with Crippen LogP contribution < -0.4 is 10.6 Å². The van der Waals surface area contributed by atoms with Crippen LogP contribution in [0.5, 0.6) is 0 Å². The SMILES string of the molecule is Cc1ccccc1C(CO)NC(=O)N1Cc2c(NC(=O)C3([Si](C)(C)C)CCC3)n[nH]c2C1(C)C. The van der Waals surface area contributed by atoms with Crippen molar-refractivity contribution in [3.63, 3.8) is 0 Å². The predicted molar refractivity (Wildman–Crippen MR) is 135 cm³/mol. The molecule has 1 aromatic heterocycles. The van der Waals surface area contributed by atoms with E-state index in [4.69, 9.17) is 0 Å². The molecular formula is C25H37N5O3Si. The highest BCUT2D eigenvalue weighted by molar-refractivity contribution is 6.83. The molecule has 0 spiro atoms. The third-order valence-corrected chi connectivity index (χ3v) is 11.7. The molecule has 4 rings (SSSR count). The van der Waals surface area contributed by atoms with Gasteiger partial charge in [-0.2, -0.15) is 5.10 Å². The summed E-state index contributed by atoms with van der Waals surface area (Å²) in [4.78, 5) is 28.4. The summed E-state index contributed by atoms with van der Waals surface area (Å²) in [6.07, 6.45) is 2.95. The molecule has 2 aromatic rings. The Morgan fingerprint density at radius 1 is 1.24 bits per heavy atom. The number of fused-ring (bicyclic) bond motifs is 1. The number of aliphatic hydroxyl groups excluding tert-OH is 1. The molecule has 0 bridgehead atoms. The lowest BCUT2D eigenvalue weighted by Crippen LogP contribution is -2.52. The van der Waals surface area contributed by atoms with Gasteiger partial charge in [-0.15, -0.1) is 0 Å². The van der Waals surface area contributed by atoms with Crippen molar-refractivity contribution in [1.82, 2.24) is 20.4 Å². The third-order valence-electron chi connectivity index (χ3n) is 8.07. The van der Waals surface area contributed by atoms with Crippen LogP contribution >= 0.6 is 0 Å². The molecule has 34 heavy (non-hydrogen) atoms. The smallest absolute Gasteiger partial charge is 0.319 e. The van der Waals surface area contributed by atoms with Crippen molar-refractivity contribution in [2.45, 2.75) is 82.8 Å². The number of anilines is 1. The minimum absolute atomic E-state index is 0.0628. The number of carbonyl (C=O) groups is 2. The summed E-state index contributed by atoms with van der Waals surface area (Å²) < 4.78 is 0. The maximum Gasteiger partial charge on any atom is 0.319 e. The zero-order valence-electron chi connectivity index (χ0n) is 21.1. The van der Waals surface area contributed by atoms with Gasteiger partial charge in [-0.3, -0.25) is 9.89 Å². The van der Waals surface area contributed by atoms with E-state index in [2.05, 4.69) is 40.5 Å². The van der Waals surface area contributed by atoms with E-state index in [1.54, 1.807) is 4.90 Å². The quantitative estimate of drug-likeness (QED) is 0.456. The highest BCUT2D eigenvalue weighted by Gasteiger charge is 2.54. The van der Waals surface area contributed by atoms with E-state index >= 15 is 0 Å². The third kappa shape index (κ3) is 3.84. The zero-order valence-corrected chi connectivity index (χ0v) is 22.1. The van der Waals surface area contributed by atoms with Crippen LogP contribution in [0.25, 0.3) is 0 Å². The summed E-state index contributed by atoms with van der Waals surface area (Å²) in [6.45, 7) is 12.8. The Kier molecular flexibility index (Phi) is 6.14. The van der Waals surface area contributed by atoms with E-state index in [9.17, 15) is 14.7 Å². The molecule has 3 amide bonds. The van der Waals surface area contributed by atoms with Gasteiger partial charge in [-0.25, -0.2) is 4.79 Å². The zero-order chi connectivity index (χ0) is 24.9. The van der Waals surface area contributed by atoms with E-state index in [1.165, 1.54) is 0 Å². The van der Waals surface area contributed by atoms with Crippen LogP contribution in [0.15, 0.2) is 24.3 Å². The first kappa shape index (κ1) is 24.5. The highest BCUT2D eigenvalue weighted by Crippen LogP contribution is 2.56. The van der Waals surface area contributed by atoms with Gasteiger partial charge in [0, 0.05) is 10.6 Å². The first-order valence-electron chi connectivity index (χ1n) is 12.1. The average molecular weight is 484 g/mol. The largest absolute Gasteiger partial charge is 0.394 e. The van der Waals surface area contributed by atoms with Crippen LogP contribution in [-0.4, -0.2) is 46.8 Å². The van der Waals surface area contributed by atoms with Crippen molar-refractivity contribution < 1.29 is 14.7 Å². The number of rotatable bonds is 6. The standard InChI is InChI=1S/C25H37N5O3Si/c1-16-10-7-8-11-17(16)19(15-31)26-23(33)30-14-18-20(24(30,2)3)28-29-21(18)27-22(32)25(12-9-13-25)34(4,5)6/h7-8,10-11,19,31H,9,12-15H2,1-6H3,(H,26,33)(H2,27,28,29,32). The molecule has 0 radical (unpaired) electrons. The monoisotopic (exact) mass is 483 g/mol. The summed E-state index contributed by atoms with van der Waals surface area (Å²) in [6, 6.07) is 6.94. The highest BCUT2D eigenvalue weighted by atomic mass is 28.3. The van der Waals surface area contributed by atoms with Gasteiger partial charge in [0.05, 0.1) is 38.5 Å². The Labute approximate surface area is 202 Å². The van der Waals surface area contributed by atoms with E-state index in [0.717, 1.165) is 41.6 Å². The van der Waals surface area contributed by atoms with Crippen LogP contribution in [0.1, 0.15) is 61.5 Å². The Hall–Kier alpha value is -2.65. The molecule has 184 valence electrons. The summed E-state index contributed by atoms with van der Waals surface area (Å²) in [5.74, 6) is 0.582.